The summed E-state index contributed by atoms with van der Waals surface area (Å²) < 4.78 is 0. The molecule has 0 amide bonds. The molecule has 6 heavy (non-hydrogen) atoms. The first-order valence-corrected chi connectivity index (χ1v) is 1.30. The van der Waals surface area contributed by atoms with Crippen LogP contribution in [0, 0.1) is 0 Å². The van der Waals surface area contributed by atoms with Gasteiger partial charge in [-0.05, 0) is 0 Å². The summed E-state index contributed by atoms with van der Waals surface area (Å²) in [6.07, 6.45) is 3.24. The minimum Gasteiger partial charge on any atom is -0.266 e. The number of aromatic nitrogens is 3. The summed E-state index contributed by atoms with van der Waals surface area (Å²) in [4.78, 5) is 0. The van der Waals surface area contributed by atoms with Crippen LogP contribution < -0.4 is 0 Å². The van der Waals surface area contributed by atoms with Gasteiger partial charge in [0.15, 0.2) is 0 Å². The molecule has 0 saturated heterocycles. The maximum Gasteiger partial charge on any atom is 0.0690 e. The van der Waals surface area contributed by atoms with Crippen molar-refractivity contribution < 1.29 is 17.1 Å². The first-order valence-electron chi connectivity index (χ1n) is 1.30. The van der Waals surface area contributed by atoms with E-state index in [9.17, 15) is 0 Å². The molecule has 0 aliphatic heterocycles. The molecule has 0 bridgehead atoms. The Labute approximate surface area is 45.6 Å². The number of hydrogen-bond acceptors (Lipinski definition) is 2. The third kappa shape index (κ3) is 1.19. The maximum atomic E-state index is 3.42. The average molecular weight is 133 g/mol. The van der Waals surface area contributed by atoms with Gasteiger partial charge in [0.05, 0.1) is 6.20 Å². The van der Waals surface area contributed by atoms with Gasteiger partial charge in [-0.1, -0.05) is 5.21 Å². The van der Waals surface area contributed by atoms with E-state index in [1.165, 1.54) is 0 Å². The van der Waals surface area contributed by atoms with Crippen molar-refractivity contribution in [3.8, 4) is 0 Å². The van der Waals surface area contributed by atoms with E-state index in [1.807, 2.05) is 0 Å². The normalized spacial score (nSPS) is 6.67. The van der Waals surface area contributed by atoms with Gasteiger partial charge in [-0.15, -0.1) is 5.10 Å². The van der Waals surface area contributed by atoms with E-state index in [0.717, 1.165) is 0 Å². The van der Waals surface area contributed by atoms with Crippen LogP contribution in [0.1, 0.15) is 0 Å². The molecule has 0 spiro atoms. The Balaban J connectivity index is 0.000000250. The fraction of sp³-hybridized carbons (Fsp3) is 0. The third-order valence-corrected chi connectivity index (χ3v) is 0.331. The SMILES string of the molecule is [Cu].c1c[nH]nn1. The molecule has 1 aromatic rings. The second kappa shape index (κ2) is 2.87. The number of nitrogens with zero attached hydrogens (tertiary/aromatic N) is 2. The van der Waals surface area contributed by atoms with Crippen molar-refractivity contribution in [1.82, 2.24) is 15.4 Å². The van der Waals surface area contributed by atoms with Gasteiger partial charge in [0.25, 0.3) is 0 Å². The van der Waals surface area contributed by atoms with Crippen LogP contribution in [0.4, 0.5) is 0 Å². The monoisotopic (exact) mass is 132 g/mol. The second-order valence-electron chi connectivity index (χ2n) is 0.660. The van der Waals surface area contributed by atoms with Crippen molar-refractivity contribution in [2.45, 2.75) is 0 Å². The molecule has 0 unspecified atom stereocenters. The molecule has 1 heterocycles. The number of hydrogen-bond donors (Lipinski definition) is 1. The topological polar surface area (TPSA) is 41.6 Å². The number of aromatic amines is 1. The molecule has 37 valence electrons. The quantitative estimate of drug-likeness (QED) is 0.497. The van der Waals surface area contributed by atoms with E-state index in [4.69, 9.17) is 0 Å². The van der Waals surface area contributed by atoms with Crippen molar-refractivity contribution in [1.29, 1.82) is 0 Å². The van der Waals surface area contributed by atoms with E-state index in [2.05, 4.69) is 15.4 Å². The van der Waals surface area contributed by atoms with Gasteiger partial charge in [0.1, 0.15) is 0 Å². The van der Waals surface area contributed by atoms with Crippen LogP contribution in [-0.4, -0.2) is 15.4 Å². The van der Waals surface area contributed by atoms with E-state index in [0.29, 0.717) is 0 Å². The molecule has 1 radical (unpaired) electrons. The Bertz CT molecular complexity index is 65.3. The molecule has 1 rings (SSSR count). The minimum atomic E-state index is 0. The van der Waals surface area contributed by atoms with Crippen LogP contribution in [0.25, 0.3) is 0 Å². The van der Waals surface area contributed by atoms with Gasteiger partial charge in [-0.25, -0.2) is 0 Å². The van der Waals surface area contributed by atoms with Gasteiger partial charge >= 0.3 is 0 Å². The molecule has 4 heteroatoms. The van der Waals surface area contributed by atoms with Crippen LogP contribution in [-0.2, 0) is 17.1 Å². The van der Waals surface area contributed by atoms with E-state index >= 15 is 0 Å². The zero-order chi connectivity index (χ0) is 3.54. The van der Waals surface area contributed by atoms with Gasteiger partial charge in [0.2, 0.25) is 0 Å². The molecule has 1 N–H and O–H groups in total. The van der Waals surface area contributed by atoms with Gasteiger partial charge in [-0.3, -0.25) is 5.10 Å². The minimum absolute atomic E-state index is 0. The molecule has 1 aromatic heterocycles. The molecule has 3 nitrogen and oxygen atoms in total. The Hall–Kier alpha value is -0.341. The van der Waals surface area contributed by atoms with Gasteiger partial charge in [0, 0.05) is 23.3 Å². The fourth-order valence-electron chi connectivity index (χ4n) is 0.167. The summed E-state index contributed by atoms with van der Waals surface area (Å²) in [7, 11) is 0. The summed E-state index contributed by atoms with van der Waals surface area (Å²) in [5, 5.41) is 9.26. The van der Waals surface area contributed by atoms with Crippen molar-refractivity contribution in [2.24, 2.45) is 0 Å². The van der Waals surface area contributed by atoms with E-state index < -0.39 is 0 Å². The largest absolute Gasteiger partial charge is 0.266 e. The van der Waals surface area contributed by atoms with Crippen LogP contribution in [0.2, 0.25) is 0 Å². The maximum absolute atomic E-state index is 3.42. The molecule has 0 aliphatic carbocycles. The number of rotatable bonds is 0. The second-order valence-corrected chi connectivity index (χ2v) is 0.660. The molecule has 0 atom stereocenters. The van der Waals surface area contributed by atoms with Gasteiger partial charge in [-0.2, -0.15) is 0 Å². The van der Waals surface area contributed by atoms with Crippen molar-refractivity contribution in [3.63, 3.8) is 0 Å². The summed E-state index contributed by atoms with van der Waals surface area (Å²) >= 11 is 0. The molecule has 0 aliphatic rings. The molecule has 0 fully saturated rings. The summed E-state index contributed by atoms with van der Waals surface area (Å²) in [5.74, 6) is 0. The fourth-order valence-corrected chi connectivity index (χ4v) is 0.167. The van der Waals surface area contributed by atoms with Crippen molar-refractivity contribution in [2.75, 3.05) is 0 Å². The van der Waals surface area contributed by atoms with Crippen molar-refractivity contribution >= 4 is 0 Å². The molecule has 0 aromatic carbocycles. The van der Waals surface area contributed by atoms with E-state index in [-0.39, 0.29) is 17.1 Å². The van der Waals surface area contributed by atoms with E-state index in [1.54, 1.807) is 12.4 Å². The summed E-state index contributed by atoms with van der Waals surface area (Å²) in [5.41, 5.74) is 0. The first kappa shape index (κ1) is 5.66. The number of nitrogens with one attached hydrogen (secondary N) is 1. The smallest absolute Gasteiger partial charge is 0.0690 e. The predicted molar refractivity (Wildman–Crippen MR) is 16.4 cm³/mol. The predicted octanol–water partition coefficient (Wildman–Crippen LogP) is -0.198. The Morgan fingerprint density at radius 2 is 2.33 bits per heavy atom. The van der Waals surface area contributed by atoms with Crippen LogP contribution in [0.15, 0.2) is 12.4 Å². The standard InChI is InChI=1S/C2H3N3.Cu/c1-2-4-5-3-1;/h1-2H,(H,3,4,5);. The summed E-state index contributed by atoms with van der Waals surface area (Å²) in [6, 6.07) is 0. The molecular weight excluding hydrogens is 130 g/mol. The Morgan fingerprint density at radius 1 is 1.50 bits per heavy atom. The van der Waals surface area contributed by atoms with Crippen LogP contribution in [0.3, 0.4) is 0 Å². The average Bonchev–Trinajstić information content (AvgIpc) is 1.76. The first-order chi connectivity index (χ1) is 2.50. The molecule has 0 saturated carbocycles. The Kier molecular flexibility index (Phi) is 2.71. The number of H-pyrrole nitrogens is 1. The molecular formula is C2H3CuN3. The van der Waals surface area contributed by atoms with Crippen LogP contribution in [0.5, 0.6) is 0 Å². The van der Waals surface area contributed by atoms with Gasteiger partial charge < -0.3 is 0 Å². The third-order valence-electron chi connectivity index (χ3n) is 0.331. The van der Waals surface area contributed by atoms with Crippen LogP contribution >= 0.6 is 0 Å². The zero-order valence-corrected chi connectivity index (χ0v) is 3.79. The zero-order valence-electron chi connectivity index (χ0n) is 2.85. The summed E-state index contributed by atoms with van der Waals surface area (Å²) in [6.45, 7) is 0. The Morgan fingerprint density at radius 3 is 2.50 bits per heavy atom. The van der Waals surface area contributed by atoms with Crippen molar-refractivity contribution in [3.05, 3.63) is 12.4 Å².